The minimum atomic E-state index is 0.835. The fourth-order valence-electron chi connectivity index (χ4n) is 2.78. The Labute approximate surface area is 117 Å². The average molecular weight is 261 g/mol. The van der Waals surface area contributed by atoms with Crippen LogP contribution in [0.25, 0.3) is 0 Å². The molecule has 1 aromatic heterocycles. The molecule has 3 heteroatoms. The van der Waals surface area contributed by atoms with Gasteiger partial charge >= 0.3 is 0 Å². The number of aromatic nitrogens is 1. The van der Waals surface area contributed by atoms with Gasteiger partial charge in [-0.2, -0.15) is 0 Å². The molecule has 1 aliphatic rings. The number of unbranched alkanes of at least 4 members (excludes halogenated alkanes) is 1. The maximum Gasteiger partial charge on any atom is 0.128 e. The molecule has 0 aliphatic carbocycles. The molecule has 0 amide bonds. The van der Waals surface area contributed by atoms with Gasteiger partial charge in [-0.1, -0.05) is 32.8 Å². The van der Waals surface area contributed by atoms with Gasteiger partial charge in [0.15, 0.2) is 0 Å². The van der Waals surface area contributed by atoms with Crippen molar-refractivity contribution in [2.24, 2.45) is 5.92 Å². The van der Waals surface area contributed by atoms with Crippen LogP contribution in [0.15, 0.2) is 24.4 Å². The number of pyridine rings is 1. The molecule has 0 saturated carbocycles. The van der Waals surface area contributed by atoms with Gasteiger partial charge in [-0.3, -0.25) is 4.90 Å². The topological polar surface area (TPSA) is 19.4 Å². The molecule has 1 atom stereocenters. The van der Waals surface area contributed by atoms with E-state index >= 15 is 0 Å². The van der Waals surface area contributed by atoms with E-state index in [4.69, 9.17) is 0 Å². The molecule has 0 aromatic carbocycles. The lowest BCUT2D eigenvalue weighted by molar-refractivity contribution is 0.218. The van der Waals surface area contributed by atoms with E-state index in [1.807, 2.05) is 12.3 Å². The lowest BCUT2D eigenvalue weighted by atomic mass is 10.0. The third-order valence-corrected chi connectivity index (χ3v) is 3.97. The number of hydrogen-bond donors (Lipinski definition) is 0. The number of nitrogens with zero attached hydrogens (tertiary/aromatic N) is 3. The van der Waals surface area contributed by atoms with Crippen LogP contribution in [0, 0.1) is 5.92 Å². The summed E-state index contributed by atoms with van der Waals surface area (Å²) >= 11 is 0. The summed E-state index contributed by atoms with van der Waals surface area (Å²) in [6.45, 7) is 10.5. The average Bonchev–Trinajstić information content (AvgIpc) is 2.47. The first-order chi connectivity index (χ1) is 9.29. The van der Waals surface area contributed by atoms with Gasteiger partial charge < -0.3 is 4.90 Å². The van der Waals surface area contributed by atoms with Gasteiger partial charge in [0, 0.05) is 38.9 Å². The van der Waals surface area contributed by atoms with Crippen molar-refractivity contribution in [1.82, 2.24) is 9.88 Å². The Hall–Kier alpha value is -1.09. The molecule has 19 heavy (non-hydrogen) atoms. The molecule has 2 heterocycles. The number of rotatable bonds is 6. The van der Waals surface area contributed by atoms with Crippen molar-refractivity contribution < 1.29 is 0 Å². The van der Waals surface area contributed by atoms with E-state index in [1.54, 1.807) is 0 Å². The molecule has 1 fully saturated rings. The Morgan fingerprint density at radius 3 is 2.63 bits per heavy atom. The van der Waals surface area contributed by atoms with E-state index in [-0.39, 0.29) is 0 Å². The van der Waals surface area contributed by atoms with Gasteiger partial charge in [-0.25, -0.2) is 4.98 Å². The van der Waals surface area contributed by atoms with Crippen molar-refractivity contribution in [3.05, 3.63) is 24.4 Å². The van der Waals surface area contributed by atoms with Crippen molar-refractivity contribution in [3.63, 3.8) is 0 Å². The Balaban J connectivity index is 1.73. The SMILES string of the molecule is CCCCC(C)CN1CCN(c2ccccn2)CC1. The smallest absolute Gasteiger partial charge is 0.128 e. The molecule has 1 saturated heterocycles. The molecule has 2 rings (SSSR count). The minimum absolute atomic E-state index is 0.835. The normalized spacial score (nSPS) is 18.5. The van der Waals surface area contributed by atoms with E-state index in [2.05, 4.69) is 40.8 Å². The Morgan fingerprint density at radius 2 is 2.00 bits per heavy atom. The molecule has 1 aliphatic heterocycles. The Bertz CT molecular complexity index is 344. The van der Waals surface area contributed by atoms with Gasteiger partial charge in [-0.05, 0) is 24.5 Å². The third-order valence-electron chi connectivity index (χ3n) is 3.97. The third kappa shape index (κ3) is 4.50. The highest BCUT2D eigenvalue weighted by Crippen LogP contribution is 2.15. The summed E-state index contributed by atoms with van der Waals surface area (Å²) in [4.78, 5) is 9.44. The summed E-state index contributed by atoms with van der Waals surface area (Å²) in [5, 5.41) is 0. The standard InChI is InChI=1S/C16H27N3/c1-3-4-7-15(2)14-18-10-12-19(13-11-18)16-8-5-6-9-17-16/h5-6,8-9,15H,3-4,7,10-14H2,1-2H3. The van der Waals surface area contributed by atoms with Crippen LogP contribution in [0.2, 0.25) is 0 Å². The first-order valence-corrected chi connectivity index (χ1v) is 7.68. The maximum atomic E-state index is 4.44. The quantitative estimate of drug-likeness (QED) is 0.784. The summed E-state index contributed by atoms with van der Waals surface area (Å²) in [5.74, 6) is 1.96. The summed E-state index contributed by atoms with van der Waals surface area (Å²) in [6, 6.07) is 6.16. The van der Waals surface area contributed by atoms with Crippen LogP contribution in [-0.2, 0) is 0 Å². The highest BCUT2D eigenvalue weighted by molar-refractivity contribution is 5.38. The molecule has 1 aromatic rings. The largest absolute Gasteiger partial charge is 0.354 e. The molecule has 106 valence electrons. The minimum Gasteiger partial charge on any atom is -0.354 e. The lowest BCUT2D eigenvalue weighted by Gasteiger charge is -2.36. The van der Waals surface area contributed by atoms with Crippen molar-refractivity contribution in [2.45, 2.75) is 33.1 Å². The van der Waals surface area contributed by atoms with Crippen LogP contribution in [0.4, 0.5) is 5.82 Å². The fraction of sp³-hybridized carbons (Fsp3) is 0.688. The number of anilines is 1. The Morgan fingerprint density at radius 1 is 1.21 bits per heavy atom. The van der Waals surface area contributed by atoms with E-state index in [9.17, 15) is 0 Å². The molecule has 0 N–H and O–H groups in total. The van der Waals surface area contributed by atoms with Crippen LogP contribution in [-0.4, -0.2) is 42.6 Å². The highest BCUT2D eigenvalue weighted by atomic mass is 15.3. The highest BCUT2D eigenvalue weighted by Gasteiger charge is 2.18. The van der Waals surface area contributed by atoms with Crippen LogP contribution in [0.3, 0.4) is 0 Å². The maximum absolute atomic E-state index is 4.44. The molecular formula is C16H27N3. The zero-order valence-electron chi connectivity index (χ0n) is 12.4. The predicted octanol–water partition coefficient (Wildman–Crippen LogP) is 3.03. The summed E-state index contributed by atoms with van der Waals surface area (Å²) in [7, 11) is 0. The molecule has 0 bridgehead atoms. The van der Waals surface area contributed by atoms with Crippen molar-refractivity contribution in [2.75, 3.05) is 37.6 Å². The van der Waals surface area contributed by atoms with Crippen LogP contribution in [0.5, 0.6) is 0 Å². The van der Waals surface area contributed by atoms with Crippen molar-refractivity contribution in [3.8, 4) is 0 Å². The lowest BCUT2D eigenvalue weighted by Crippen LogP contribution is -2.47. The fourth-order valence-corrected chi connectivity index (χ4v) is 2.78. The van der Waals surface area contributed by atoms with Gasteiger partial charge in [0.1, 0.15) is 5.82 Å². The van der Waals surface area contributed by atoms with Crippen LogP contribution >= 0.6 is 0 Å². The first kappa shape index (κ1) is 14.3. The molecular weight excluding hydrogens is 234 g/mol. The van der Waals surface area contributed by atoms with Crippen LogP contribution < -0.4 is 4.90 Å². The van der Waals surface area contributed by atoms with Crippen LogP contribution in [0.1, 0.15) is 33.1 Å². The summed E-state index contributed by atoms with van der Waals surface area (Å²) in [6.07, 6.45) is 5.94. The molecule has 0 radical (unpaired) electrons. The van der Waals surface area contributed by atoms with Crippen molar-refractivity contribution >= 4 is 5.82 Å². The van der Waals surface area contributed by atoms with E-state index in [0.717, 1.165) is 24.8 Å². The predicted molar refractivity (Wildman–Crippen MR) is 81.6 cm³/mol. The van der Waals surface area contributed by atoms with E-state index < -0.39 is 0 Å². The first-order valence-electron chi connectivity index (χ1n) is 7.68. The van der Waals surface area contributed by atoms with Crippen molar-refractivity contribution in [1.29, 1.82) is 0 Å². The second kappa shape index (κ2) is 7.49. The van der Waals surface area contributed by atoms with E-state index in [0.29, 0.717) is 0 Å². The zero-order chi connectivity index (χ0) is 13.5. The number of piperazine rings is 1. The van der Waals surface area contributed by atoms with Gasteiger partial charge in [0.2, 0.25) is 0 Å². The van der Waals surface area contributed by atoms with Gasteiger partial charge in [0.05, 0.1) is 0 Å². The van der Waals surface area contributed by atoms with Gasteiger partial charge in [-0.15, -0.1) is 0 Å². The second-order valence-corrected chi connectivity index (χ2v) is 5.72. The van der Waals surface area contributed by atoms with E-state index in [1.165, 1.54) is 38.9 Å². The summed E-state index contributed by atoms with van der Waals surface area (Å²) < 4.78 is 0. The summed E-state index contributed by atoms with van der Waals surface area (Å²) in [5.41, 5.74) is 0. The molecule has 0 spiro atoms. The second-order valence-electron chi connectivity index (χ2n) is 5.72. The zero-order valence-corrected chi connectivity index (χ0v) is 12.4. The molecule has 1 unspecified atom stereocenters. The number of hydrogen-bond acceptors (Lipinski definition) is 3. The monoisotopic (exact) mass is 261 g/mol. The molecule has 3 nitrogen and oxygen atoms in total. The Kier molecular flexibility index (Phi) is 5.64. The van der Waals surface area contributed by atoms with Gasteiger partial charge in [0.25, 0.3) is 0 Å².